The van der Waals surface area contributed by atoms with Gasteiger partial charge in [0, 0.05) is 18.8 Å². The van der Waals surface area contributed by atoms with E-state index in [2.05, 4.69) is 36.1 Å². The Morgan fingerprint density at radius 2 is 1.84 bits per heavy atom. The Balaban J connectivity index is 1.89. The fourth-order valence-corrected chi connectivity index (χ4v) is 2.96. The molecule has 0 amide bonds. The molecule has 0 saturated heterocycles. The summed E-state index contributed by atoms with van der Waals surface area (Å²) in [5.41, 5.74) is 1.27. The van der Waals surface area contributed by atoms with Gasteiger partial charge in [-0.2, -0.15) is 0 Å². The van der Waals surface area contributed by atoms with Gasteiger partial charge < -0.3 is 10.0 Å². The van der Waals surface area contributed by atoms with Crippen molar-refractivity contribution in [3.05, 3.63) is 30.3 Å². The van der Waals surface area contributed by atoms with Crippen LogP contribution in [-0.2, 0) is 4.79 Å². The van der Waals surface area contributed by atoms with E-state index in [4.69, 9.17) is 5.11 Å². The molecule has 1 aliphatic carbocycles. The Hall–Kier alpha value is -1.51. The molecular weight excluding hydrogens is 238 g/mol. The van der Waals surface area contributed by atoms with Crippen molar-refractivity contribution in [3.63, 3.8) is 0 Å². The SMILES string of the molecule is CCN(CC1CCC(C(=O)O)CC1)c1ccccc1. The third-order valence-corrected chi connectivity index (χ3v) is 4.18. The monoisotopic (exact) mass is 261 g/mol. The maximum Gasteiger partial charge on any atom is 0.306 e. The topological polar surface area (TPSA) is 40.5 Å². The Bertz CT molecular complexity index is 396. The van der Waals surface area contributed by atoms with E-state index in [0.29, 0.717) is 5.92 Å². The first-order chi connectivity index (χ1) is 9.20. The number of carboxylic acid groups (broad SMARTS) is 1. The summed E-state index contributed by atoms with van der Waals surface area (Å²) in [7, 11) is 0. The van der Waals surface area contributed by atoms with Gasteiger partial charge in [-0.3, -0.25) is 4.79 Å². The largest absolute Gasteiger partial charge is 0.481 e. The van der Waals surface area contributed by atoms with Gasteiger partial charge >= 0.3 is 5.97 Å². The van der Waals surface area contributed by atoms with Crippen LogP contribution >= 0.6 is 0 Å². The zero-order chi connectivity index (χ0) is 13.7. The second kappa shape index (κ2) is 6.60. The lowest BCUT2D eigenvalue weighted by atomic mass is 9.82. The number of para-hydroxylation sites is 1. The number of rotatable bonds is 5. The fourth-order valence-electron chi connectivity index (χ4n) is 2.96. The van der Waals surface area contributed by atoms with E-state index < -0.39 is 5.97 Å². The molecule has 1 fully saturated rings. The van der Waals surface area contributed by atoms with Crippen LogP contribution in [0.1, 0.15) is 32.6 Å². The number of hydrogen-bond acceptors (Lipinski definition) is 2. The molecule has 3 nitrogen and oxygen atoms in total. The molecule has 0 aromatic heterocycles. The van der Waals surface area contributed by atoms with Gasteiger partial charge in [-0.1, -0.05) is 18.2 Å². The number of aliphatic carboxylic acids is 1. The van der Waals surface area contributed by atoms with Crippen molar-refractivity contribution in [1.29, 1.82) is 0 Å². The molecule has 1 aromatic carbocycles. The van der Waals surface area contributed by atoms with Gasteiger partial charge in [-0.25, -0.2) is 0 Å². The van der Waals surface area contributed by atoms with E-state index in [1.807, 2.05) is 6.07 Å². The smallest absolute Gasteiger partial charge is 0.306 e. The van der Waals surface area contributed by atoms with Crippen LogP contribution in [0.25, 0.3) is 0 Å². The van der Waals surface area contributed by atoms with Gasteiger partial charge in [-0.15, -0.1) is 0 Å². The summed E-state index contributed by atoms with van der Waals surface area (Å²) in [6.45, 7) is 4.23. The predicted molar refractivity (Wildman–Crippen MR) is 77.4 cm³/mol. The van der Waals surface area contributed by atoms with Crippen LogP contribution in [0.5, 0.6) is 0 Å². The lowest BCUT2D eigenvalue weighted by molar-refractivity contribution is -0.143. The first-order valence-corrected chi connectivity index (χ1v) is 7.23. The minimum Gasteiger partial charge on any atom is -0.481 e. The first kappa shape index (κ1) is 13.9. The van der Waals surface area contributed by atoms with Crippen molar-refractivity contribution in [2.24, 2.45) is 11.8 Å². The van der Waals surface area contributed by atoms with Gasteiger partial charge in [0.25, 0.3) is 0 Å². The summed E-state index contributed by atoms with van der Waals surface area (Å²) in [5, 5.41) is 9.02. The lowest BCUT2D eigenvalue weighted by Crippen LogP contribution is -2.32. The third-order valence-electron chi connectivity index (χ3n) is 4.18. The zero-order valence-corrected chi connectivity index (χ0v) is 11.6. The molecule has 0 spiro atoms. The van der Waals surface area contributed by atoms with E-state index in [-0.39, 0.29) is 5.92 Å². The highest BCUT2D eigenvalue weighted by molar-refractivity contribution is 5.70. The van der Waals surface area contributed by atoms with Gasteiger partial charge in [-0.05, 0) is 50.7 Å². The first-order valence-electron chi connectivity index (χ1n) is 7.23. The molecule has 2 rings (SSSR count). The lowest BCUT2D eigenvalue weighted by Gasteiger charge is -2.32. The van der Waals surface area contributed by atoms with E-state index in [9.17, 15) is 4.79 Å². The molecule has 1 aliphatic rings. The Morgan fingerprint density at radius 1 is 1.21 bits per heavy atom. The van der Waals surface area contributed by atoms with Crippen molar-refractivity contribution < 1.29 is 9.90 Å². The summed E-state index contributed by atoms with van der Waals surface area (Å²) in [4.78, 5) is 13.3. The van der Waals surface area contributed by atoms with E-state index in [0.717, 1.165) is 38.8 Å². The zero-order valence-electron chi connectivity index (χ0n) is 11.6. The number of anilines is 1. The number of hydrogen-bond donors (Lipinski definition) is 1. The summed E-state index contributed by atoms with van der Waals surface area (Å²) in [6, 6.07) is 10.5. The highest BCUT2D eigenvalue weighted by Gasteiger charge is 2.26. The molecule has 0 aliphatic heterocycles. The normalized spacial score (nSPS) is 23.0. The second-order valence-corrected chi connectivity index (χ2v) is 5.43. The van der Waals surface area contributed by atoms with Gasteiger partial charge in [0.05, 0.1) is 5.92 Å². The third kappa shape index (κ3) is 3.72. The van der Waals surface area contributed by atoms with Crippen LogP contribution in [-0.4, -0.2) is 24.2 Å². The molecule has 0 radical (unpaired) electrons. The summed E-state index contributed by atoms with van der Waals surface area (Å²) in [6.07, 6.45) is 3.76. The molecule has 0 atom stereocenters. The van der Waals surface area contributed by atoms with Crippen LogP contribution < -0.4 is 4.90 Å². The highest BCUT2D eigenvalue weighted by atomic mass is 16.4. The van der Waals surface area contributed by atoms with Crippen LogP contribution in [0, 0.1) is 11.8 Å². The number of carbonyl (C=O) groups is 1. The second-order valence-electron chi connectivity index (χ2n) is 5.43. The molecule has 0 unspecified atom stereocenters. The molecule has 0 bridgehead atoms. The van der Waals surface area contributed by atoms with Crippen molar-refractivity contribution >= 4 is 11.7 Å². The minimum atomic E-state index is -0.617. The van der Waals surface area contributed by atoms with Crippen molar-refractivity contribution in [1.82, 2.24) is 0 Å². The molecule has 3 heteroatoms. The van der Waals surface area contributed by atoms with Crippen molar-refractivity contribution in [3.8, 4) is 0 Å². The van der Waals surface area contributed by atoms with Gasteiger partial charge in [0.1, 0.15) is 0 Å². The molecule has 1 N–H and O–H groups in total. The quantitative estimate of drug-likeness (QED) is 0.883. The van der Waals surface area contributed by atoms with E-state index in [1.165, 1.54) is 5.69 Å². The highest BCUT2D eigenvalue weighted by Crippen LogP contribution is 2.30. The standard InChI is InChI=1S/C16H23NO2/c1-2-17(15-6-4-3-5-7-15)12-13-8-10-14(11-9-13)16(18)19/h3-7,13-14H,2,8-12H2,1H3,(H,18,19). The summed E-state index contributed by atoms with van der Waals surface area (Å²) in [5.74, 6) is -0.0901. The average molecular weight is 261 g/mol. The molecule has 0 heterocycles. The summed E-state index contributed by atoms with van der Waals surface area (Å²) < 4.78 is 0. The Kier molecular flexibility index (Phi) is 4.83. The maximum atomic E-state index is 11.0. The Labute approximate surface area is 115 Å². The number of nitrogens with zero attached hydrogens (tertiary/aromatic N) is 1. The maximum absolute atomic E-state index is 11.0. The molecule has 1 saturated carbocycles. The fraction of sp³-hybridized carbons (Fsp3) is 0.562. The Morgan fingerprint density at radius 3 is 2.37 bits per heavy atom. The van der Waals surface area contributed by atoms with E-state index in [1.54, 1.807) is 0 Å². The predicted octanol–water partition coefficient (Wildman–Crippen LogP) is 3.40. The minimum absolute atomic E-state index is 0.108. The van der Waals surface area contributed by atoms with Gasteiger partial charge in [0.15, 0.2) is 0 Å². The molecule has 104 valence electrons. The van der Waals surface area contributed by atoms with Crippen LogP contribution in [0.15, 0.2) is 30.3 Å². The number of benzene rings is 1. The molecular formula is C16H23NO2. The van der Waals surface area contributed by atoms with Crippen LogP contribution in [0.4, 0.5) is 5.69 Å². The van der Waals surface area contributed by atoms with E-state index >= 15 is 0 Å². The average Bonchev–Trinajstić information content (AvgIpc) is 2.46. The molecule has 1 aromatic rings. The number of carboxylic acids is 1. The van der Waals surface area contributed by atoms with Crippen LogP contribution in [0.3, 0.4) is 0 Å². The van der Waals surface area contributed by atoms with Gasteiger partial charge in [0.2, 0.25) is 0 Å². The van der Waals surface area contributed by atoms with Crippen LogP contribution in [0.2, 0.25) is 0 Å². The summed E-state index contributed by atoms with van der Waals surface area (Å²) >= 11 is 0. The molecule has 19 heavy (non-hydrogen) atoms. The van der Waals surface area contributed by atoms with Crippen molar-refractivity contribution in [2.45, 2.75) is 32.6 Å². The van der Waals surface area contributed by atoms with Crippen molar-refractivity contribution in [2.75, 3.05) is 18.0 Å².